The number of morpholine rings is 1. The maximum Gasteiger partial charge on any atom is 0.251 e. The van der Waals surface area contributed by atoms with Gasteiger partial charge in [-0.2, -0.15) is 0 Å². The van der Waals surface area contributed by atoms with Gasteiger partial charge in [0.1, 0.15) is 5.82 Å². The lowest BCUT2D eigenvalue weighted by molar-refractivity contribution is 0.0951. The SMILES string of the molecule is COCc1cc(N2CCOCC2)nc(SCc2cccc(C(=O)NC3CC3)c2)n1. The molecule has 154 valence electrons. The number of carbonyl (C=O) groups is 1. The van der Waals surface area contributed by atoms with Crippen molar-refractivity contribution in [1.82, 2.24) is 15.3 Å². The molecule has 2 heterocycles. The van der Waals surface area contributed by atoms with Crippen LogP contribution in [0.1, 0.15) is 34.5 Å². The number of hydrogen-bond acceptors (Lipinski definition) is 7. The van der Waals surface area contributed by atoms with Crippen LogP contribution in [0.3, 0.4) is 0 Å². The van der Waals surface area contributed by atoms with Crippen LogP contribution in [-0.4, -0.2) is 55.3 Å². The number of benzene rings is 1. The van der Waals surface area contributed by atoms with Crippen molar-refractivity contribution >= 4 is 23.5 Å². The molecule has 1 aromatic carbocycles. The van der Waals surface area contributed by atoms with Crippen LogP contribution in [0.4, 0.5) is 5.82 Å². The standard InChI is InChI=1S/C21H26N4O3S/c1-27-13-18-12-19(25-7-9-28-10-8-25)24-21(23-18)29-14-15-3-2-4-16(11-15)20(26)22-17-5-6-17/h2-4,11-12,17H,5-10,13-14H2,1H3,(H,22,26). The molecule has 1 saturated heterocycles. The highest BCUT2D eigenvalue weighted by Gasteiger charge is 2.23. The van der Waals surface area contributed by atoms with E-state index in [1.54, 1.807) is 18.9 Å². The summed E-state index contributed by atoms with van der Waals surface area (Å²) in [7, 11) is 1.67. The van der Waals surface area contributed by atoms with E-state index in [-0.39, 0.29) is 5.91 Å². The maximum atomic E-state index is 12.3. The zero-order valence-electron chi connectivity index (χ0n) is 16.6. The fraction of sp³-hybridized carbons (Fsp3) is 0.476. The summed E-state index contributed by atoms with van der Waals surface area (Å²) in [6.07, 6.45) is 2.17. The van der Waals surface area contributed by atoms with Gasteiger partial charge in [0.25, 0.3) is 5.91 Å². The van der Waals surface area contributed by atoms with Gasteiger partial charge in [0.2, 0.25) is 0 Å². The molecule has 7 nitrogen and oxygen atoms in total. The lowest BCUT2D eigenvalue weighted by Gasteiger charge is -2.28. The molecule has 2 aromatic rings. The Labute approximate surface area is 175 Å². The first kappa shape index (κ1) is 20.1. The van der Waals surface area contributed by atoms with Crippen LogP contribution in [0.5, 0.6) is 0 Å². The fourth-order valence-electron chi connectivity index (χ4n) is 3.15. The Morgan fingerprint density at radius 1 is 1.28 bits per heavy atom. The molecule has 1 aromatic heterocycles. The summed E-state index contributed by atoms with van der Waals surface area (Å²) in [6.45, 7) is 3.52. The highest BCUT2D eigenvalue weighted by Crippen LogP contribution is 2.25. The Bertz CT molecular complexity index is 854. The number of rotatable bonds is 8. The van der Waals surface area contributed by atoms with E-state index in [4.69, 9.17) is 14.5 Å². The maximum absolute atomic E-state index is 12.3. The highest BCUT2D eigenvalue weighted by atomic mass is 32.2. The quantitative estimate of drug-likeness (QED) is 0.526. The monoisotopic (exact) mass is 414 g/mol. The van der Waals surface area contributed by atoms with E-state index < -0.39 is 0 Å². The van der Waals surface area contributed by atoms with Gasteiger partial charge in [-0.15, -0.1) is 0 Å². The number of hydrogen-bond donors (Lipinski definition) is 1. The van der Waals surface area contributed by atoms with E-state index in [9.17, 15) is 4.79 Å². The van der Waals surface area contributed by atoms with Crippen LogP contribution in [0.25, 0.3) is 0 Å². The fourth-order valence-corrected chi connectivity index (χ4v) is 3.96. The van der Waals surface area contributed by atoms with Gasteiger partial charge in [-0.25, -0.2) is 9.97 Å². The van der Waals surface area contributed by atoms with Crippen molar-refractivity contribution in [3.63, 3.8) is 0 Å². The topological polar surface area (TPSA) is 76.6 Å². The van der Waals surface area contributed by atoms with Crippen LogP contribution in [0.15, 0.2) is 35.5 Å². The second-order valence-corrected chi connectivity index (χ2v) is 8.21. The van der Waals surface area contributed by atoms with E-state index in [2.05, 4.69) is 15.2 Å². The molecule has 0 atom stereocenters. The molecule has 29 heavy (non-hydrogen) atoms. The van der Waals surface area contributed by atoms with E-state index in [1.165, 1.54) is 0 Å². The van der Waals surface area contributed by atoms with Crippen molar-refractivity contribution < 1.29 is 14.3 Å². The van der Waals surface area contributed by atoms with Gasteiger partial charge in [0.05, 0.1) is 25.5 Å². The van der Waals surface area contributed by atoms with Crippen LogP contribution < -0.4 is 10.2 Å². The van der Waals surface area contributed by atoms with Gasteiger partial charge in [0, 0.05) is 43.6 Å². The lowest BCUT2D eigenvalue weighted by atomic mass is 10.1. The summed E-state index contributed by atoms with van der Waals surface area (Å²) < 4.78 is 10.7. The predicted octanol–water partition coefficient (Wildman–Crippen LogP) is 2.64. The van der Waals surface area contributed by atoms with Crippen molar-refractivity contribution in [2.75, 3.05) is 38.3 Å². The summed E-state index contributed by atoms with van der Waals surface area (Å²) in [5.74, 6) is 1.62. The molecule has 0 unspecified atom stereocenters. The van der Waals surface area contributed by atoms with Crippen LogP contribution in [0, 0.1) is 0 Å². The molecule has 2 aliphatic rings. The zero-order chi connectivity index (χ0) is 20.1. The lowest BCUT2D eigenvalue weighted by Crippen LogP contribution is -2.37. The van der Waals surface area contributed by atoms with E-state index in [0.29, 0.717) is 42.3 Å². The number of nitrogens with one attached hydrogen (secondary N) is 1. The molecule has 4 rings (SSSR count). The average Bonchev–Trinajstić information content (AvgIpc) is 3.57. The minimum Gasteiger partial charge on any atom is -0.378 e. The molecule has 1 amide bonds. The molecule has 8 heteroatoms. The van der Waals surface area contributed by atoms with Crippen molar-refractivity contribution in [1.29, 1.82) is 0 Å². The Morgan fingerprint density at radius 3 is 2.86 bits per heavy atom. The summed E-state index contributed by atoms with van der Waals surface area (Å²) in [4.78, 5) is 23.9. The Hall–Kier alpha value is -2.16. The normalized spacial score (nSPS) is 16.7. The number of amides is 1. The van der Waals surface area contributed by atoms with E-state index >= 15 is 0 Å². The van der Waals surface area contributed by atoms with Crippen LogP contribution in [-0.2, 0) is 21.8 Å². The molecule has 1 aliphatic heterocycles. The van der Waals surface area contributed by atoms with Gasteiger partial charge in [0.15, 0.2) is 5.16 Å². The third kappa shape index (κ3) is 5.68. The van der Waals surface area contributed by atoms with Crippen molar-refractivity contribution in [3.05, 3.63) is 47.2 Å². The smallest absolute Gasteiger partial charge is 0.251 e. The second kappa shape index (κ2) is 9.56. The van der Waals surface area contributed by atoms with E-state index in [0.717, 1.165) is 43.0 Å². The molecule has 0 bridgehead atoms. The Kier molecular flexibility index (Phi) is 6.63. The Morgan fingerprint density at radius 2 is 2.10 bits per heavy atom. The highest BCUT2D eigenvalue weighted by molar-refractivity contribution is 7.98. The third-order valence-electron chi connectivity index (χ3n) is 4.84. The summed E-state index contributed by atoms with van der Waals surface area (Å²) in [6, 6.07) is 10.1. The molecule has 0 spiro atoms. The van der Waals surface area contributed by atoms with Gasteiger partial charge < -0.3 is 19.7 Å². The summed E-state index contributed by atoms with van der Waals surface area (Å²) in [5.41, 5.74) is 2.65. The number of ether oxygens (including phenoxy) is 2. The van der Waals surface area contributed by atoms with E-state index in [1.807, 2.05) is 30.3 Å². The molecule has 1 saturated carbocycles. The number of thioether (sulfide) groups is 1. The minimum atomic E-state index is 0.00676. The summed E-state index contributed by atoms with van der Waals surface area (Å²) in [5, 5.41) is 3.75. The number of aromatic nitrogens is 2. The van der Waals surface area contributed by atoms with Gasteiger partial charge >= 0.3 is 0 Å². The predicted molar refractivity (Wildman–Crippen MR) is 112 cm³/mol. The first-order chi connectivity index (χ1) is 14.2. The number of nitrogens with zero attached hydrogens (tertiary/aromatic N) is 3. The van der Waals surface area contributed by atoms with Gasteiger partial charge in [-0.05, 0) is 30.5 Å². The number of methoxy groups -OCH3 is 1. The number of carbonyl (C=O) groups excluding carboxylic acids is 1. The van der Waals surface area contributed by atoms with Crippen molar-refractivity contribution in [3.8, 4) is 0 Å². The molecule has 2 fully saturated rings. The second-order valence-electron chi connectivity index (χ2n) is 7.27. The third-order valence-corrected chi connectivity index (χ3v) is 5.76. The summed E-state index contributed by atoms with van der Waals surface area (Å²) >= 11 is 1.57. The molecular formula is C21H26N4O3S. The van der Waals surface area contributed by atoms with Crippen LogP contribution in [0.2, 0.25) is 0 Å². The minimum absolute atomic E-state index is 0.00676. The van der Waals surface area contributed by atoms with Crippen molar-refractivity contribution in [2.45, 2.75) is 36.4 Å². The largest absolute Gasteiger partial charge is 0.378 e. The molecule has 1 N–H and O–H groups in total. The molecular weight excluding hydrogens is 388 g/mol. The first-order valence-corrected chi connectivity index (χ1v) is 10.9. The van der Waals surface area contributed by atoms with Crippen LogP contribution >= 0.6 is 11.8 Å². The van der Waals surface area contributed by atoms with Crippen molar-refractivity contribution in [2.24, 2.45) is 0 Å². The molecule has 0 radical (unpaired) electrons. The Balaban J connectivity index is 1.45. The zero-order valence-corrected chi connectivity index (χ0v) is 17.4. The first-order valence-electron chi connectivity index (χ1n) is 9.93. The number of anilines is 1. The average molecular weight is 415 g/mol. The van der Waals surface area contributed by atoms with Gasteiger partial charge in [-0.3, -0.25) is 4.79 Å². The van der Waals surface area contributed by atoms with Gasteiger partial charge in [-0.1, -0.05) is 23.9 Å². The molecule has 1 aliphatic carbocycles.